The Morgan fingerprint density at radius 1 is 0.606 bits per heavy atom. The van der Waals surface area contributed by atoms with Crippen molar-refractivity contribution in [1.82, 2.24) is 0 Å². The molecule has 1 unspecified atom stereocenters. The zero-order chi connectivity index (χ0) is 23.3. The lowest BCUT2D eigenvalue weighted by Crippen LogP contribution is -2.42. The van der Waals surface area contributed by atoms with E-state index < -0.39 is 0 Å². The number of hydrogen-bond donors (Lipinski definition) is 1. The van der Waals surface area contributed by atoms with Gasteiger partial charge in [0.05, 0.1) is 0 Å². The maximum absolute atomic E-state index is 6.50. The van der Waals surface area contributed by atoms with Gasteiger partial charge in [-0.3, -0.25) is 0 Å². The van der Waals surface area contributed by atoms with Crippen LogP contribution in [0, 0.1) is 5.92 Å². The highest BCUT2D eigenvalue weighted by atomic mass is 35.5. The minimum atomic E-state index is -0.0928. The van der Waals surface area contributed by atoms with E-state index in [1.165, 1.54) is 128 Å². The van der Waals surface area contributed by atoms with Crippen molar-refractivity contribution < 1.29 is 0 Å². The van der Waals surface area contributed by atoms with Gasteiger partial charge in [0, 0.05) is 5.54 Å². The molecule has 0 heterocycles. The minimum Gasteiger partial charge on any atom is -0.325 e. The molecular formula is C31H58ClN. The lowest BCUT2D eigenvalue weighted by molar-refractivity contribution is 0.290. The van der Waals surface area contributed by atoms with Gasteiger partial charge < -0.3 is 5.73 Å². The quantitative estimate of drug-likeness (QED) is 0.164. The Morgan fingerprint density at radius 2 is 0.970 bits per heavy atom. The Bertz CT molecular complexity index is 507. The van der Waals surface area contributed by atoms with Crippen LogP contribution in [0.25, 0.3) is 0 Å². The molecule has 0 saturated carbocycles. The number of hydrogen-bond acceptors (Lipinski definition) is 1. The van der Waals surface area contributed by atoms with E-state index in [9.17, 15) is 0 Å². The summed E-state index contributed by atoms with van der Waals surface area (Å²) in [6.07, 6.45) is 28.2. The van der Waals surface area contributed by atoms with Crippen molar-refractivity contribution in [2.24, 2.45) is 11.7 Å². The second kappa shape index (κ2) is 22.0. The van der Waals surface area contributed by atoms with Crippen molar-refractivity contribution in [2.75, 3.05) is 0 Å². The molecule has 0 aliphatic carbocycles. The van der Waals surface area contributed by atoms with Crippen molar-refractivity contribution in [3.8, 4) is 0 Å². The average Bonchev–Trinajstić information content (AvgIpc) is 2.77. The van der Waals surface area contributed by atoms with E-state index in [0.717, 1.165) is 6.42 Å². The lowest BCUT2D eigenvalue weighted by Gasteiger charge is -2.31. The highest BCUT2D eigenvalue weighted by molar-refractivity contribution is 5.85. The molecule has 0 radical (unpaired) electrons. The van der Waals surface area contributed by atoms with Crippen LogP contribution in [0.4, 0.5) is 0 Å². The first kappa shape index (κ1) is 32.5. The van der Waals surface area contributed by atoms with Crippen molar-refractivity contribution in [3.63, 3.8) is 0 Å². The Balaban J connectivity index is 0.0000102. The third-order valence-electron chi connectivity index (χ3n) is 7.28. The molecule has 0 aliphatic heterocycles. The zero-order valence-corrected chi connectivity index (χ0v) is 23.4. The molecule has 1 atom stereocenters. The van der Waals surface area contributed by atoms with E-state index in [-0.39, 0.29) is 17.9 Å². The molecule has 1 aromatic carbocycles. The van der Waals surface area contributed by atoms with Crippen molar-refractivity contribution in [3.05, 3.63) is 35.9 Å². The van der Waals surface area contributed by atoms with Gasteiger partial charge in [-0.05, 0) is 38.2 Å². The van der Waals surface area contributed by atoms with Gasteiger partial charge >= 0.3 is 0 Å². The van der Waals surface area contributed by atoms with E-state index in [4.69, 9.17) is 5.73 Å². The Kier molecular flexibility index (Phi) is 21.6. The molecule has 0 aliphatic rings. The molecule has 2 heteroatoms. The van der Waals surface area contributed by atoms with Gasteiger partial charge in [-0.25, -0.2) is 0 Å². The molecule has 0 fully saturated rings. The lowest BCUT2D eigenvalue weighted by atomic mass is 9.80. The fraction of sp³-hybridized carbons (Fsp3) is 0.806. The second-order valence-electron chi connectivity index (χ2n) is 11.0. The van der Waals surface area contributed by atoms with Crippen LogP contribution in [0.15, 0.2) is 30.3 Å². The van der Waals surface area contributed by atoms with Crippen LogP contribution in [-0.4, -0.2) is 5.54 Å². The summed E-state index contributed by atoms with van der Waals surface area (Å²) in [6, 6.07) is 10.9. The van der Waals surface area contributed by atoms with Crippen LogP contribution in [0.3, 0.4) is 0 Å². The maximum atomic E-state index is 6.50. The smallest absolute Gasteiger partial charge is 0.0129 e. The summed E-state index contributed by atoms with van der Waals surface area (Å²) in [5, 5.41) is 0. The molecule has 0 saturated heterocycles. The van der Waals surface area contributed by atoms with Crippen LogP contribution in [0.2, 0.25) is 0 Å². The third-order valence-corrected chi connectivity index (χ3v) is 7.28. The molecule has 0 spiro atoms. The monoisotopic (exact) mass is 479 g/mol. The fourth-order valence-corrected chi connectivity index (χ4v) is 4.93. The summed E-state index contributed by atoms with van der Waals surface area (Å²) in [6.45, 7) is 6.71. The minimum absolute atomic E-state index is 0. The maximum Gasteiger partial charge on any atom is 0.0129 e. The third kappa shape index (κ3) is 19.5. The SMILES string of the molecule is CCCCCCCCCCCCCCCCCCCCC(Cc1ccccc1)C(C)(C)N.Cl. The summed E-state index contributed by atoms with van der Waals surface area (Å²) in [4.78, 5) is 0. The van der Waals surface area contributed by atoms with Crippen LogP contribution in [0.1, 0.15) is 148 Å². The molecule has 0 aromatic heterocycles. The van der Waals surface area contributed by atoms with Gasteiger partial charge in [0.15, 0.2) is 0 Å². The molecule has 33 heavy (non-hydrogen) atoms. The largest absolute Gasteiger partial charge is 0.325 e. The molecular weight excluding hydrogens is 422 g/mol. The van der Waals surface area contributed by atoms with E-state index in [0.29, 0.717) is 5.92 Å². The van der Waals surface area contributed by atoms with Crippen LogP contribution < -0.4 is 5.73 Å². The van der Waals surface area contributed by atoms with Gasteiger partial charge in [-0.2, -0.15) is 0 Å². The highest BCUT2D eigenvalue weighted by Crippen LogP contribution is 2.25. The second-order valence-corrected chi connectivity index (χ2v) is 11.0. The Morgan fingerprint density at radius 3 is 1.33 bits per heavy atom. The average molecular weight is 480 g/mol. The van der Waals surface area contributed by atoms with E-state index in [1.807, 2.05) is 0 Å². The van der Waals surface area contributed by atoms with Crippen molar-refractivity contribution >= 4 is 12.4 Å². The van der Waals surface area contributed by atoms with E-state index in [1.54, 1.807) is 0 Å². The summed E-state index contributed by atoms with van der Waals surface area (Å²) < 4.78 is 0. The molecule has 0 amide bonds. The number of benzene rings is 1. The number of unbranched alkanes of at least 4 members (excludes halogenated alkanes) is 17. The Hall–Kier alpha value is -0.530. The zero-order valence-electron chi connectivity index (χ0n) is 22.6. The molecule has 1 rings (SSSR count). The van der Waals surface area contributed by atoms with Gasteiger partial charge in [0.25, 0.3) is 0 Å². The molecule has 1 nitrogen and oxygen atoms in total. The molecule has 194 valence electrons. The number of nitrogens with two attached hydrogens (primary N) is 1. The first-order valence-corrected chi connectivity index (χ1v) is 14.4. The standard InChI is InChI=1S/C31H57N.ClH/c1-4-5-6-7-8-9-10-11-12-13-14-15-16-17-18-19-20-24-27-30(31(2,3)32)28-29-25-22-21-23-26-29;/h21-23,25-26,30H,4-20,24,27-28,32H2,1-3H3;1H. The summed E-state index contributed by atoms with van der Waals surface area (Å²) in [5.74, 6) is 0.575. The summed E-state index contributed by atoms with van der Waals surface area (Å²) >= 11 is 0. The van der Waals surface area contributed by atoms with Crippen LogP contribution >= 0.6 is 12.4 Å². The molecule has 2 N–H and O–H groups in total. The summed E-state index contributed by atoms with van der Waals surface area (Å²) in [5.41, 5.74) is 7.84. The molecule has 1 aromatic rings. The topological polar surface area (TPSA) is 26.0 Å². The van der Waals surface area contributed by atoms with Gasteiger partial charge in [0.2, 0.25) is 0 Å². The number of rotatable bonds is 22. The van der Waals surface area contributed by atoms with Crippen LogP contribution in [-0.2, 0) is 6.42 Å². The van der Waals surface area contributed by atoms with E-state index >= 15 is 0 Å². The predicted molar refractivity (Wildman–Crippen MR) is 153 cm³/mol. The first-order valence-electron chi connectivity index (χ1n) is 14.4. The van der Waals surface area contributed by atoms with E-state index in [2.05, 4.69) is 51.1 Å². The van der Waals surface area contributed by atoms with Gasteiger partial charge in [-0.1, -0.05) is 153 Å². The first-order chi connectivity index (χ1) is 15.5. The van der Waals surface area contributed by atoms with Crippen molar-refractivity contribution in [1.29, 1.82) is 0 Å². The Labute approximate surface area is 214 Å². The molecule has 0 bridgehead atoms. The predicted octanol–water partition coefficient (Wildman–Crippen LogP) is 10.4. The van der Waals surface area contributed by atoms with Gasteiger partial charge in [0.1, 0.15) is 0 Å². The van der Waals surface area contributed by atoms with Crippen molar-refractivity contribution in [2.45, 2.75) is 155 Å². The van der Waals surface area contributed by atoms with Crippen LogP contribution in [0.5, 0.6) is 0 Å². The summed E-state index contributed by atoms with van der Waals surface area (Å²) in [7, 11) is 0. The van der Waals surface area contributed by atoms with Gasteiger partial charge in [-0.15, -0.1) is 12.4 Å². The normalized spacial score (nSPS) is 12.5. The fourth-order valence-electron chi connectivity index (χ4n) is 4.93. The highest BCUT2D eigenvalue weighted by Gasteiger charge is 2.24. The number of halogens is 1.